The van der Waals surface area contributed by atoms with E-state index < -0.39 is 0 Å². The Hall–Kier alpha value is -1.82. The van der Waals surface area contributed by atoms with Crippen LogP contribution in [0.3, 0.4) is 0 Å². The summed E-state index contributed by atoms with van der Waals surface area (Å²) in [6, 6.07) is 3.86. The maximum Gasteiger partial charge on any atom is 0.317 e. The van der Waals surface area contributed by atoms with Crippen LogP contribution in [0.25, 0.3) is 0 Å². The van der Waals surface area contributed by atoms with Crippen LogP contribution in [0.15, 0.2) is 12.1 Å². The van der Waals surface area contributed by atoms with Crippen molar-refractivity contribution in [3.8, 4) is 5.88 Å². The molecule has 2 rings (SSSR count). The largest absolute Gasteiger partial charge is 0.475 e. The van der Waals surface area contributed by atoms with Gasteiger partial charge in [0.2, 0.25) is 5.88 Å². The van der Waals surface area contributed by atoms with Gasteiger partial charge in [0.25, 0.3) is 0 Å². The van der Waals surface area contributed by atoms with E-state index in [9.17, 15) is 4.79 Å². The molecule has 6 nitrogen and oxygen atoms in total. The van der Waals surface area contributed by atoms with Crippen LogP contribution in [0.5, 0.6) is 5.88 Å². The Bertz CT molecular complexity index is 520. The minimum atomic E-state index is 0.0109. The zero-order valence-electron chi connectivity index (χ0n) is 14.3. The Balaban J connectivity index is 1.87. The van der Waals surface area contributed by atoms with Gasteiger partial charge in [0.1, 0.15) is 6.61 Å². The molecule has 0 bridgehead atoms. The highest BCUT2D eigenvalue weighted by molar-refractivity contribution is 5.74. The number of fused-ring (bicyclic) bond motifs is 1. The first-order chi connectivity index (χ1) is 11.1. The summed E-state index contributed by atoms with van der Waals surface area (Å²) in [5, 5.41) is 2.99. The molecule has 0 radical (unpaired) electrons. The number of aromatic nitrogens is 1. The first-order valence-electron chi connectivity index (χ1n) is 8.23. The van der Waals surface area contributed by atoms with E-state index in [1.807, 2.05) is 17.0 Å². The number of urea groups is 1. The highest BCUT2D eigenvalue weighted by atomic mass is 16.5. The lowest BCUT2D eigenvalue weighted by molar-refractivity contribution is 0.143. The fraction of sp³-hybridized carbons (Fsp3) is 0.647. The Morgan fingerprint density at radius 3 is 2.96 bits per heavy atom. The molecule has 0 saturated heterocycles. The third kappa shape index (κ3) is 5.39. The number of nitrogens with zero attached hydrogens (tertiary/aromatic N) is 2. The van der Waals surface area contributed by atoms with Gasteiger partial charge in [0.05, 0.1) is 12.3 Å². The van der Waals surface area contributed by atoms with Gasteiger partial charge >= 0.3 is 6.03 Å². The summed E-state index contributed by atoms with van der Waals surface area (Å²) >= 11 is 0. The minimum Gasteiger partial charge on any atom is -0.475 e. The van der Waals surface area contributed by atoms with Crippen molar-refractivity contribution in [2.75, 3.05) is 33.4 Å². The molecule has 6 heteroatoms. The van der Waals surface area contributed by atoms with Gasteiger partial charge in [-0.3, -0.25) is 0 Å². The molecule has 0 spiro atoms. The van der Waals surface area contributed by atoms with Crippen LogP contribution in [-0.2, 0) is 17.7 Å². The summed E-state index contributed by atoms with van der Waals surface area (Å²) in [7, 11) is 1.64. The predicted molar refractivity (Wildman–Crippen MR) is 88.6 cm³/mol. The molecule has 2 heterocycles. The molecule has 1 aromatic rings. The third-order valence-corrected chi connectivity index (χ3v) is 3.85. The van der Waals surface area contributed by atoms with Crippen molar-refractivity contribution in [3.63, 3.8) is 0 Å². The van der Waals surface area contributed by atoms with Gasteiger partial charge in [-0.05, 0) is 17.9 Å². The summed E-state index contributed by atoms with van der Waals surface area (Å²) in [4.78, 5) is 18.6. The lowest BCUT2D eigenvalue weighted by atomic mass is 10.1. The fourth-order valence-electron chi connectivity index (χ4n) is 2.46. The molecule has 0 aliphatic carbocycles. The van der Waals surface area contributed by atoms with Crippen LogP contribution < -0.4 is 10.1 Å². The van der Waals surface area contributed by atoms with Gasteiger partial charge in [-0.25, -0.2) is 9.78 Å². The Morgan fingerprint density at radius 2 is 2.22 bits per heavy atom. The maximum absolute atomic E-state index is 12.2. The van der Waals surface area contributed by atoms with E-state index in [0.717, 1.165) is 30.6 Å². The summed E-state index contributed by atoms with van der Waals surface area (Å²) in [6.45, 7) is 7.37. The van der Waals surface area contributed by atoms with E-state index in [4.69, 9.17) is 9.47 Å². The molecular formula is C17H27N3O3. The topological polar surface area (TPSA) is 63.7 Å². The van der Waals surface area contributed by atoms with Gasteiger partial charge in [0.15, 0.2) is 0 Å². The van der Waals surface area contributed by atoms with Crippen LogP contribution in [0.4, 0.5) is 4.79 Å². The molecule has 128 valence electrons. The van der Waals surface area contributed by atoms with Gasteiger partial charge in [-0.15, -0.1) is 0 Å². The molecule has 1 aliphatic rings. The SMILES string of the molecule is COCCOc1ccc2c(n1)CCN(C(=O)NCCC(C)C)C2. The Morgan fingerprint density at radius 1 is 1.39 bits per heavy atom. The third-order valence-electron chi connectivity index (χ3n) is 3.85. The van der Waals surface area contributed by atoms with Gasteiger partial charge in [-0.1, -0.05) is 19.9 Å². The molecule has 2 amide bonds. The number of carbonyl (C=O) groups excluding carboxylic acids is 1. The highest BCUT2D eigenvalue weighted by Gasteiger charge is 2.21. The van der Waals surface area contributed by atoms with E-state index in [0.29, 0.717) is 38.1 Å². The number of carbonyl (C=O) groups is 1. The second-order valence-electron chi connectivity index (χ2n) is 6.18. The van der Waals surface area contributed by atoms with Gasteiger partial charge in [0, 0.05) is 39.2 Å². The van der Waals surface area contributed by atoms with Crippen molar-refractivity contribution >= 4 is 6.03 Å². The summed E-state index contributed by atoms with van der Waals surface area (Å²) in [5.41, 5.74) is 2.11. The summed E-state index contributed by atoms with van der Waals surface area (Å²) in [6.07, 6.45) is 1.76. The zero-order valence-corrected chi connectivity index (χ0v) is 14.3. The standard InChI is InChI=1S/C17H27N3O3/c1-13(2)6-8-18-17(21)20-9-7-15-14(12-20)4-5-16(19-15)23-11-10-22-3/h4-5,13H,6-12H2,1-3H3,(H,18,21). The lowest BCUT2D eigenvalue weighted by Gasteiger charge is -2.28. The predicted octanol–water partition coefficient (Wildman–Crippen LogP) is 2.22. The Kier molecular flexibility index (Phi) is 6.65. The van der Waals surface area contributed by atoms with Crippen molar-refractivity contribution in [2.24, 2.45) is 5.92 Å². The highest BCUT2D eigenvalue weighted by Crippen LogP contribution is 2.20. The van der Waals surface area contributed by atoms with Crippen LogP contribution >= 0.6 is 0 Å². The normalized spacial score (nSPS) is 13.8. The van der Waals surface area contributed by atoms with E-state index in [-0.39, 0.29) is 6.03 Å². The second kappa shape index (κ2) is 8.72. The van der Waals surface area contributed by atoms with Crippen molar-refractivity contribution in [1.29, 1.82) is 0 Å². The molecule has 23 heavy (non-hydrogen) atoms. The quantitative estimate of drug-likeness (QED) is 0.782. The molecule has 0 fully saturated rings. The molecule has 1 N–H and O–H groups in total. The number of amides is 2. The number of ether oxygens (including phenoxy) is 2. The lowest BCUT2D eigenvalue weighted by Crippen LogP contribution is -2.43. The summed E-state index contributed by atoms with van der Waals surface area (Å²) < 4.78 is 10.5. The van der Waals surface area contributed by atoms with Crippen LogP contribution in [0.1, 0.15) is 31.5 Å². The average molecular weight is 321 g/mol. The maximum atomic E-state index is 12.2. The number of hydrogen-bond acceptors (Lipinski definition) is 4. The van der Waals surface area contributed by atoms with Crippen molar-refractivity contribution < 1.29 is 14.3 Å². The smallest absolute Gasteiger partial charge is 0.317 e. The molecule has 1 aromatic heterocycles. The zero-order chi connectivity index (χ0) is 16.7. The number of rotatable bonds is 7. The molecule has 0 unspecified atom stereocenters. The molecule has 0 aromatic carbocycles. The fourth-order valence-corrected chi connectivity index (χ4v) is 2.46. The van der Waals surface area contributed by atoms with E-state index in [1.54, 1.807) is 7.11 Å². The second-order valence-corrected chi connectivity index (χ2v) is 6.18. The first-order valence-corrected chi connectivity index (χ1v) is 8.23. The first kappa shape index (κ1) is 17.5. The molecular weight excluding hydrogens is 294 g/mol. The molecule has 1 aliphatic heterocycles. The van der Waals surface area contributed by atoms with Gasteiger partial charge < -0.3 is 19.7 Å². The summed E-state index contributed by atoms with van der Waals surface area (Å²) in [5.74, 6) is 1.22. The number of pyridine rings is 1. The monoisotopic (exact) mass is 321 g/mol. The Labute approximate surface area is 138 Å². The molecule has 0 atom stereocenters. The van der Waals surface area contributed by atoms with Crippen LogP contribution in [-0.4, -0.2) is 49.3 Å². The van der Waals surface area contributed by atoms with E-state index in [1.165, 1.54) is 0 Å². The minimum absolute atomic E-state index is 0.0109. The van der Waals surface area contributed by atoms with Crippen molar-refractivity contribution in [3.05, 3.63) is 23.4 Å². The average Bonchev–Trinajstić information content (AvgIpc) is 2.54. The van der Waals surface area contributed by atoms with E-state index >= 15 is 0 Å². The number of methoxy groups -OCH3 is 1. The number of hydrogen-bond donors (Lipinski definition) is 1. The van der Waals surface area contributed by atoms with Crippen molar-refractivity contribution in [1.82, 2.24) is 15.2 Å². The van der Waals surface area contributed by atoms with Crippen LogP contribution in [0.2, 0.25) is 0 Å². The van der Waals surface area contributed by atoms with E-state index in [2.05, 4.69) is 24.1 Å². The van der Waals surface area contributed by atoms with Crippen molar-refractivity contribution in [2.45, 2.75) is 33.2 Å². The molecule has 0 saturated carbocycles. The van der Waals surface area contributed by atoms with Gasteiger partial charge in [-0.2, -0.15) is 0 Å². The van der Waals surface area contributed by atoms with Crippen LogP contribution in [0, 0.1) is 5.92 Å². The number of nitrogens with one attached hydrogen (secondary N) is 1.